The zero-order chi connectivity index (χ0) is 28.9. The fourth-order valence-corrected chi connectivity index (χ4v) is 5.69. The normalized spacial score (nSPS) is 28.2. The summed E-state index contributed by atoms with van der Waals surface area (Å²) >= 11 is 0. The van der Waals surface area contributed by atoms with Crippen molar-refractivity contribution in [1.82, 2.24) is 20.9 Å². The molecule has 218 valence electrons. The second kappa shape index (κ2) is 12.4. The first-order valence-corrected chi connectivity index (χ1v) is 14.6. The third kappa shape index (κ3) is 7.23. The summed E-state index contributed by atoms with van der Waals surface area (Å²) in [6.07, 6.45) is 9.11. The van der Waals surface area contributed by atoms with Gasteiger partial charge in [0.2, 0.25) is 17.7 Å². The number of nitrogens with one attached hydrogen (secondary N) is 3. The fourth-order valence-electron chi connectivity index (χ4n) is 5.69. The van der Waals surface area contributed by atoms with E-state index in [4.69, 9.17) is 4.74 Å². The van der Waals surface area contributed by atoms with Gasteiger partial charge in [-0.2, -0.15) is 0 Å². The van der Waals surface area contributed by atoms with E-state index in [0.717, 1.165) is 31.2 Å². The van der Waals surface area contributed by atoms with Crippen molar-refractivity contribution in [2.75, 3.05) is 6.54 Å². The summed E-state index contributed by atoms with van der Waals surface area (Å²) in [7, 11) is 0. The van der Waals surface area contributed by atoms with E-state index in [9.17, 15) is 19.2 Å². The first-order chi connectivity index (χ1) is 19.0. The van der Waals surface area contributed by atoms with Crippen LogP contribution >= 0.6 is 0 Å². The van der Waals surface area contributed by atoms with Crippen molar-refractivity contribution in [3.8, 4) is 0 Å². The molecule has 2 heterocycles. The predicted molar refractivity (Wildman–Crippen MR) is 152 cm³/mol. The number of ether oxygens (including phenoxy) is 1. The van der Waals surface area contributed by atoms with Gasteiger partial charge >= 0.3 is 6.09 Å². The Morgan fingerprint density at radius 2 is 1.82 bits per heavy atom. The number of rotatable bonds is 4. The van der Waals surface area contributed by atoms with Crippen LogP contribution in [0.1, 0.15) is 90.7 Å². The zero-order valence-electron chi connectivity index (χ0n) is 24.2. The summed E-state index contributed by atoms with van der Waals surface area (Å²) < 4.78 is 5.42. The molecule has 5 atom stereocenters. The number of carbonyl (C=O) groups is 4. The van der Waals surface area contributed by atoms with Crippen LogP contribution in [-0.2, 0) is 19.1 Å². The molecule has 3 N–H and O–H groups in total. The lowest BCUT2D eigenvalue weighted by atomic mass is 10.0. The van der Waals surface area contributed by atoms with Crippen LogP contribution in [0.2, 0.25) is 0 Å². The van der Waals surface area contributed by atoms with Crippen LogP contribution in [0.4, 0.5) is 4.79 Å². The van der Waals surface area contributed by atoms with Crippen LogP contribution in [0, 0.1) is 5.92 Å². The average Bonchev–Trinajstić information content (AvgIpc) is 3.36. The van der Waals surface area contributed by atoms with Crippen LogP contribution in [0.15, 0.2) is 42.5 Å². The molecule has 3 aliphatic rings. The number of carbonyl (C=O) groups excluding carboxylic acids is 4. The Bertz CT molecular complexity index is 1110. The molecular formula is C31H44N4O5. The molecule has 1 aliphatic carbocycles. The minimum absolute atomic E-state index is 0.100. The number of fused-ring (bicyclic) bond motifs is 2. The van der Waals surface area contributed by atoms with Gasteiger partial charge in [-0.15, -0.1) is 0 Å². The third-order valence-electron chi connectivity index (χ3n) is 7.97. The topological polar surface area (TPSA) is 117 Å². The first-order valence-electron chi connectivity index (χ1n) is 14.6. The van der Waals surface area contributed by atoms with E-state index in [0.29, 0.717) is 32.2 Å². The molecule has 0 spiro atoms. The van der Waals surface area contributed by atoms with Crippen LogP contribution < -0.4 is 16.0 Å². The van der Waals surface area contributed by atoms with E-state index >= 15 is 0 Å². The highest BCUT2D eigenvalue weighted by molar-refractivity contribution is 5.98. The van der Waals surface area contributed by atoms with Crippen LogP contribution in [0.25, 0.3) is 0 Å². The molecule has 9 nitrogen and oxygen atoms in total. The van der Waals surface area contributed by atoms with Gasteiger partial charge in [0, 0.05) is 12.5 Å². The Morgan fingerprint density at radius 1 is 1.07 bits per heavy atom. The summed E-state index contributed by atoms with van der Waals surface area (Å²) in [5.41, 5.74) is -0.745. The van der Waals surface area contributed by atoms with Crippen molar-refractivity contribution in [2.45, 2.75) is 108 Å². The monoisotopic (exact) mass is 552 g/mol. The quantitative estimate of drug-likeness (QED) is 0.486. The van der Waals surface area contributed by atoms with Crippen molar-refractivity contribution < 1.29 is 23.9 Å². The highest BCUT2D eigenvalue weighted by atomic mass is 16.6. The highest BCUT2D eigenvalue weighted by Gasteiger charge is 2.60. The lowest BCUT2D eigenvalue weighted by Gasteiger charge is -2.31. The van der Waals surface area contributed by atoms with E-state index < -0.39 is 29.3 Å². The largest absolute Gasteiger partial charge is 0.444 e. The number of hydrogen-bond donors (Lipinski definition) is 3. The van der Waals surface area contributed by atoms with E-state index in [-0.39, 0.29) is 29.7 Å². The van der Waals surface area contributed by atoms with Gasteiger partial charge in [-0.3, -0.25) is 14.4 Å². The summed E-state index contributed by atoms with van der Waals surface area (Å²) in [6, 6.07) is 8.04. The standard InChI is InChI=1S/C31H44N4O5/c1-21(22-14-9-8-10-15-22)32-28(38)31-20-23(31)16-11-6-5-7-12-17-24(33-29(39)40-30(2,3)4)27(37)35-19-13-18-25(35)26(36)34-31/h8-11,14-16,21,23-25H,5-7,12-13,17-20H2,1-4H3,(H,32,38)(H,33,39)(H,34,36)/t21-,23+,24-,25-,31+/m0/s1. The number of benzene rings is 1. The maximum absolute atomic E-state index is 13.7. The molecule has 40 heavy (non-hydrogen) atoms. The molecule has 0 radical (unpaired) electrons. The Kier molecular flexibility index (Phi) is 9.21. The molecule has 2 fully saturated rings. The van der Waals surface area contributed by atoms with Crippen LogP contribution in [0.5, 0.6) is 0 Å². The third-order valence-corrected chi connectivity index (χ3v) is 7.97. The van der Waals surface area contributed by atoms with E-state index in [1.165, 1.54) is 0 Å². The Balaban J connectivity index is 1.53. The number of amides is 4. The number of nitrogens with zero attached hydrogens (tertiary/aromatic N) is 1. The predicted octanol–water partition coefficient (Wildman–Crippen LogP) is 4.14. The summed E-state index contributed by atoms with van der Waals surface area (Å²) in [5.74, 6) is -0.914. The molecule has 0 aromatic heterocycles. The van der Waals surface area contributed by atoms with E-state index in [1.807, 2.05) is 37.3 Å². The molecule has 2 aliphatic heterocycles. The Morgan fingerprint density at radius 3 is 2.55 bits per heavy atom. The van der Waals surface area contributed by atoms with Gasteiger partial charge in [0.05, 0.1) is 6.04 Å². The molecular weight excluding hydrogens is 508 g/mol. The van der Waals surface area contributed by atoms with Crippen LogP contribution in [0.3, 0.4) is 0 Å². The molecule has 1 aromatic rings. The van der Waals surface area contributed by atoms with E-state index in [2.05, 4.69) is 28.1 Å². The maximum atomic E-state index is 13.7. The molecule has 4 rings (SSSR count). The van der Waals surface area contributed by atoms with Gasteiger partial charge < -0.3 is 25.6 Å². The van der Waals surface area contributed by atoms with Gasteiger partial charge in [0.15, 0.2) is 0 Å². The van der Waals surface area contributed by atoms with E-state index in [1.54, 1.807) is 25.7 Å². The molecule has 0 unspecified atom stereocenters. The first kappa shape index (κ1) is 29.6. The van der Waals surface area contributed by atoms with Gasteiger partial charge in [-0.25, -0.2) is 4.79 Å². The zero-order valence-corrected chi connectivity index (χ0v) is 24.2. The van der Waals surface area contributed by atoms with Crippen molar-refractivity contribution in [3.63, 3.8) is 0 Å². The number of alkyl carbamates (subject to hydrolysis) is 1. The Hall–Kier alpha value is -3.36. The Labute approximate surface area is 237 Å². The molecule has 9 heteroatoms. The number of hydrogen-bond acceptors (Lipinski definition) is 5. The van der Waals surface area contributed by atoms with Crippen molar-refractivity contribution in [1.29, 1.82) is 0 Å². The smallest absolute Gasteiger partial charge is 0.408 e. The molecule has 1 aromatic carbocycles. The maximum Gasteiger partial charge on any atom is 0.408 e. The van der Waals surface area contributed by atoms with Crippen molar-refractivity contribution >= 4 is 23.8 Å². The summed E-state index contributed by atoms with van der Waals surface area (Å²) in [6.45, 7) is 7.68. The van der Waals surface area contributed by atoms with Crippen LogP contribution in [-0.4, -0.2) is 58.5 Å². The molecule has 1 saturated carbocycles. The lowest BCUT2D eigenvalue weighted by molar-refractivity contribution is -0.141. The second-order valence-corrected chi connectivity index (χ2v) is 12.3. The summed E-state index contributed by atoms with van der Waals surface area (Å²) in [4.78, 5) is 55.1. The molecule has 0 bridgehead atoms. The lowest BCUT2D eigenvalue weighted by Crippen LogP contribution is -2.58. The minimum Gasteiger partial charge on any atom is -0.444 e. The van der Waals surface area contributed by atoms with Crippen molar-refractivity contribution in [2.24, 2.45) is 5.92 Å². The summed E-state index contributed by atoms with van der Waals surface area (Å²) in [5, 5.41) is 8.93. The van der Waals surface area contributed by atoms with Gasteiger partial charge in [0.25, 0.3) is 0 Å². The molecule has 1 saturated heterocycles. The number of allylic oxidation sites excluding steroid dienone is 1. The van der Waals surface area contributed by atoms with Gasteiger partial charge in [0.1, 0.15) is 23.2 Å². The minimum atomic E-state index is -1.04. The second-order valence-electron chi connectivity index (χ2n) is 12.3. The SMILES string of the molecule is C[C@H](NC(=O)[C@@]12C[C@H]1C=CCCCCC[C@H](NC(=O)OC(C)(C)C)C(=O)N1CCC[C@H]1C(=O)N2)c1ccccc1. The van der Waals surface area contributed by atoms with Gasteiger partial charge in [-0.1, -0.05) is 55.3 Å². The fraction of sp³-hybridized carbons (Fsp3) is 0.613. The van der Waals surface area contributed by atoms with Gasteiger partial charge in [-0.05, 0) is 71.8 Å². The molecule has 4 amide bonds. The average molecular weight is 553 g/mol. The highest BCUT2D eigenvalue weighted by Crippen LogP contribution is 2.46. The van der Waals surface area contributed by atoms with Crippen molar-refractivity contribution in [3.05, 3.63) is 48.0 Å².